The molecule has 2 aromatic rings. The van der Waals surface area contributed by atoms with Crippen LogP contribution in [0.1, 0.15) is 52.5 Å². The topological polar surface area (TPSA) is 96.0 Å². The summed E-state index contributed by atoms with van der Waals surface area (Å²) >= 11 is 12.5. The lowest BCUT2D eigenvalue weighted by Crippen LogP contribution is -2.49. The molecule has 2 aromatic carbocycles. The molecule has 2 rings (SSSR count). The van der Waals surface area contributed by atoms with Crippen LogP contribution >= 0.6 is 23.2 Å². The first-order chi connectivity index (χ1) is 18.4. The van der Waals surface area contributed by atoms with Gasteiger partial charge in [0.05, 0.1) is 18.6 Å². The van der Waals surface area contributed by atoms with Gasteiger partial charge in [0.25, 0.3) is 0 Å². The zero-order valence-electron chi connectivity index (χ0n) is 23.2. The normalized spacial score (nSPS) is 12.2. The van der Waals surface area contributed by atoms with Crippen LogP contribution < -0.4 is 14.4 Å². The molecular formula is C28H39Cl2N3O5S. The van der Waals surface area contributed by atoms with Gasteiger partial charge in [-0.1, -0.05) is 62.2 Å². The number of para-hydroxylation sites is 2. The molecule has 0 bridgehead atoms. The van der Waals surface area contributed by atoms with E-state index >= 15 is 0 Å². The average molecular weight is 601 g/mol. The molecule has 0 spiro atoms. The first kappa shape index (κ1) is 32.7. The fourth-order valence-corrected chi connectivity index (χ4v) is 5.54. The summed E-state index contributed by atoms with van der Waals surface area (Å²) in [6.45, 7) is 8.71. The van der Waals surface area contributed by atoms with Gasteiger partial charge >= 0.3 is 0 Å². The summed E-state index contributed by atoms with van der Waals surface area (Å²) in [6, 6.07) is 11.2. The fourth-order valence-electron chi connectivity index (χ4n) is 4.10. The quantitative estimate of drug-likeness (QED) is 0.291. The molecule has 0 aliphatic rings. The van der Waals surface area contributed by atoms with Gasteiger partial charge in [-0.25, -0.2) is 8.42 Å². The third-order valence-corrected chi connectivity index (χ3v) is 7.78. The van der Waals surface area contributed by atoms with Gasteiger partial charge in [-0.15, -0.1) is 0 Å². The maximum atomic E-state index is 13.6. The highest BCUT2D eigenvalue weighted by atomic mass is 35.5. The van der Waals surface area contributed by atoms with Crippen molar-refractivity contribution < 1.29 is 22.7 Å². The molecule has 0 aliphatic heterocycles. The van der Waals surface area contributed by atoms with Crippen LogP contribution in [0.2, 0.25) is 10.0 Å². The molecule has 39 heavy (non-hydrogen) atoms. The number of carbonyl (C=O) groups is 2. The molecule has 0 aromatic heterocycles. The van der Waals surface area contributed by atoms with Crippen LogP contribution in [0.4, 0.5) is 5.69 Å². The van der Waals surface area contributed by atoms with Gasteiger partial charge in [-0.05, 0) is 55.5 Å². The van der Waals surface area contributed by atoms with Gasteiger partial charge in [-0.3, -0.25) is 13.9 Å². The van der Waals surface area contributed by atoms with Gasteiger partial charge in [0.1, 0.15) is 11.8 Å². The number of hydrogen-bond acceptors (Lipinski definition) is 5. The van der Waals surface area contributed by atoms with E-state index in [-0.39, 0.29) is 43.7 Å². The number of carbonyl (C=O) groups excluding carboxylic acids is 2. The summed E-state index contributed by atoms with van der Waals surface area (Å²) in [4.78, 5) is 28.2. The molecule has 11 heteroatoms. The number of nitrogens with one attached hydrogen (secondary N) is 1. The van der Waals surface area contributed by atoms with E-state index in [9.17, 15) is 18.0 Å². The molecule has 0 unspecified atom stereocenters. The maximum absolute atomic E-state index is 13.6. The van der Waals surface area contributed by atoms with Crippen LogP contribution in [0, 0.1) is 5.92 Å². The van der Waals surface area contributed by atoms with Gasteiger partial charge in [-0.2, -0.15) is 0 Å². The zero-order chi connectivity index (χ0) is 29.2. The van der Waals surface area contributed by atoms with Crippen molar-refractivity contribution in [1.82, 2.24) is 10.2 Å². The van der Waals surface area contributed by atoms with E-state index in [1.165, 1.54) is 9.21 Å². The Bertz CT molecular complexity index is 1220. The lowest BCUT2D eigenvalue weighted by atomic mass is 10.1. The van der Waals surface area contributed by atoms with Crippen molar-refractivity contribution in [1.29, 1.82) is 0 Å². The molecule has 0 aliphatic carbocycles. The molecule has 0 radical (unpaired) electrons. The number of hydrogen-bond donors (Lipinski definition) is 1. The largest absolute Gasteiger partial charge is 0.492 e. The number of rotatable bonds is 15. The second-order valence-electron chi connectivity index (χ2n) is 9.66. The van der Waals surface area contributed by atoms with Crippen LogP contribution in [0.25, 0.3) is 0 Å². The van der Waals surface area contributed by atoms with Crippen LogP contribution in [0.15, 0.2) is 42.5 Å². The smallest absolute Gasteiger partial charge is 0.242 e. The first-order valence-corrected chi connectivity index (χ1v) is 15.7. The molecular weight excluding hydrogens is 561 g/mol. The van der Waals surface area contributed by atoms with E-state index in [0.717, 1.165) is 6.26 Å². The van der Waals surface area contributed by atoms with Gasteiger partial charge in [0.2, 0.25) is 21.8 Å². The van der Waals surface area contributed by atoms with E-state index in [0.29, 0.717) is 46.6 Å². The van der Waals surface area contributed by atoms with Gasteiger partial charge in [0.15, 0.2) is 0 Å². The summed E-state index contributed by atoms with van der Waals surface area (Å²) in [5, 5.41) is 3.79. The van der Waals surface area contributed by atoms with Crippen LogP contribution in [0.5, 0.6) is 5.75 Å². The predicted molar refractivity (Wildman–Crippen MR) is 158 cm³/mol. The van der Waals surface area contributed by atoms with Crippen molar-refractivity contribution >= 4 is 50.7 Å². The van der Waals surface area contributed by atoms with Gasteiger partial charge in [0, 0.05) is 36.1 Å². The van der Waals surface area contributed by atoms with Crippen LogP contribution in [-0.2, 0) is 26.2 Å². The minimum atomic E-state index is -3.65. The summed E-state index contributed by atoms with van der Waals surface area (Å²) < 4.78 is 32.2. The Morgan fingerprint density at radius 2 is 1.77 bits per heavy atom. The maximum Gasteiger partial charge on any atom is 0.242 e. The Labute approximate surface area is 242 Å². The van der Waals surface area contributed by atoms with E-state index < -0.39 is 16.1 Å². The van der Waals surface area contributed by atoms with Crippen LogP contribution in [-0.4, -0.2) is 57.1 Å². The average Bonchev–Trinajstić information content (AvgIpc) is 2.86. The minimum Gasteiger partial charge on any atom is -0.492 e. The highest BCUT2D eigenvalue weighted by Gasteiger charge is 2.29. The van der Waals surface area contributed by atoms with Crippen molar-refractivity contribution in [2.45, 2.75) is 59.5 Å². The van der Waals surface area contributed by atoms with Crippen LogP contribution in [0.3, 0.4) is 0 Å². The minimum absolute atomic E-state index is 0.0298. The fraction of sp³-hybridized carbons (Fsp3) is 0.500. The van der Waals surface area contributed by atoms with Crippen molar-refractivity contribution in [3.63, 3.8) is 0 Å². The van der Waals surface area contributed by atoms with E-state index in [1.54, 1.807) is 42.5 Å². The number of benzene rings is 2. The lowest BCUT2D eigenvalue weighted by Gasteiger charge is -2.31. The molecule has 0 fully saturated rings. The number of sulfonamides is 1. The van der Waals surface area contributed by atoms with Crippen molar-refractivity contribution in [2.24, 2.45) is 5.92 Å². The summed E-state index contributed by atoms with van der Waals surface area (Å²) in [5.41, 5.74) is 1.08. The monoisotopic (exact) mass is 599 g/mol. The summed E-state index contributed by atoms with van der Waals surface area (Å²) in [6.07, 6.45) is 1.79. The van der Waals surface area contributed by atoms with Crippen molar-refractivity contribution in [3.05, 3.63) is 58.1 Å². The second kappa shape index (κ2) is 15.3. The molecule has 8 nitrogen and oxygen atoms in total. The van der Waals surface area contributed by atoms with Crippen molar-refractivity contribution in [2.75, 3.05) is 30.3 Å². The number of halogens is 2. The third kappa shape index (κ3) is 9.89. The highest BCUT2D eigenvalue weighted by molar-refractivity contribution is 7.92. The Balaban J connectivity index is 2.28. The molecule has 0 saturated carbocycles. The van der Waals surface area contributed by atoms with E-state index in [1.807, 2.05) is 27.7 Å². The number of amides is 2. The van der Waals surface area contributed by atoms with E-state index in [2.05, 4.69) is 5.32 Å². The molecule has 0 heterocycles. The molecule has 0 saturated heterocycles. The molecule has 2 amide bonds. The zero-order valence-corrected chi connectivity index (χ0v) is 25.6. The lowest BCUT2D eigenvalue weighted by molar-refractivity contribution is -0.141. The summed E-state index contributed by atoms with van der Waals surface area (Å²) in [7, 11) is -3.65. The SMILES string of the molecule is CCOc1ccccc1N(CCCC(=O)N(Cc1ccc(Cl)cc1Cl)[C@H](CC)C(=O)NCC(C)C)S(C)(=O)=O. The van der Waals surface area contributed by atoms with Crippen molar-refractivity contribution in [3.8, 4) is 5.75 Å². The number of ether oxygens (including phenoxy) is 1. The second-order valence-corrected chi connectivity index (χ2v) is 12.4. The standard InChI is InChI=1S/C28H39Cl2N3O5S/c1-6-24(28(35)31-18-20(3)4)32(19-21-14-15-22(29)17-23(21)30)27(34)13-10-16-33(39(5,36)37)25-11-8-9-12-26(25)38-7-2/h8-9,11-12,14-15,17,20,24H,6-7,10,13,16,18-19H2,1-5H3,(H,31,35)/t24-/m1/s1. The first-order valence-electron chi connectivity index (χ1n) is 13.1. The number of nitrogens with zero attached hydrogens (tertiary/aromatic N) is 2. The Morgan fingerprint density at radius 1 is 1.08 bits per heavy atom. The number of anilines is 1. The molecule has 216 valence electrons. The van der Waals surface area contributed by atoms with Gasteiger partial charge < -0.3 is 15.0 Å². The van der Waals surface area contributed by atoms with E-state index in [4.69, 9.17) is 27.9 Å². The predicted octanol–water partition coefficient (Wildman–Crippen LogP) is 5.52. The highest BCUT2D eigenvalue weighted by Crippen LogP contribution is 2.30. The Hall–Kier alpha value is -2.49. The third-order valence-electron chi connectivity index (χ3n) is 6.01. The Morgan fingerprint density at radius 3 is 2.36 bits per heavy atom. The molecule has 1 N–H and O–H groups in total. The Kier molecular flexibility index (Phi) is 12.9. The molecule has 1 atom stereocenters. The summed E-state index contributed by atoms with van der Waals surface area (Å²) in [5.74, 6) is 0.179.